The molecule has 1 nitrogen and oxygen atoms in total. The molecule has 0 radical (unpaired) electrons. The Balaban J connectivity index is 2.30. The van der Waals surface area contributed by atoms with Gasteiger partial charge in [0, 0.05) is 9.75 Å². The van der Waals surface area contributed by atoms with Gasteiger partial charge in [-0.05, 0) is 50.4 Å². The second-order valence-electron chi connectivity index (χ2n) is 5.43. The highest BCUT2D eigenvalue weighted by Gasteiger charge is 2.15. The molecule has 0 spiro atoms. The molecule has 0 atom stereocenters. The van der Waals surface area contributed by atoms with E-state index in [0.29, 0.717) is 5.41 Å². The minimum absolute atomic E-state index is 0.315. The van der Waals surface area contributed by atoms with Crippen LogP contribution in [0.3, 0.4) is 0 Å². The lowest BCUT2D eigenvalue weighted by atomic mass is 9.95. The second-order valence-corrected chi connectivity index (χ2v) is 6.60. The second kappa shape index (κ2) is 6.41. The van der Waals surface area contributed by atoms with E-state index in [1.807, 2.05) is 18.4 Å². The predicted octanol–water partition coefficient (Wildman–Crippen LogP) is 3.98. The zero-order valence-corrected chi connectivity index (χ0v) is 11.9. The Labute approximate surface area is 104 Å². The van der Waals surface area contributed by atoms with Gasteiger partial charge in [0.05, 0.1) is 0 Å². The fourth-order valence-corrected chi connectivity index (χ4v) is 2.80. The van der Waals surface area contributed by atoms with Crippen LogP contribution in [0.2, 0.25) is 0 Å². The molecule has 1 aromatic heterocycles. The Bertz CT molecular complexity index is 296. The number of hydrogen-bond donors (Lipinski definition) is 1. The molecule has 1 aromatic rings. The van der Waals surface area contributed by atoms with E-state index in [-0.39, 0.29) is 0 Å². The summed E-state index contributed by atoms with van der Waals surface area (Å²) >= 11 is 1.99. The third-order valence-electron chi connectivity index (χ3n) is 2.75. The molecule has 0 amide bonds. The number of rotatable bonds is 6. The average Bonchev–Trinajstić information content (AvgIpc) is 2.65. The summed E-state index contributed by atoms with van der Waals surface area (Å²) in [5.41, 5.74) is 0.315. The molecule has 0 fully saturated rings. The van der Waals surface area contributed by atoms with Gasteiger partial charge >= 0.3 is 0 Å². The number of thiophene rings is 1. The van der Waals surface area contributed by atoms with E-state index in [0.717, 1.165) is 6.54 Å². The topological polar surface area (TPSA) is 12.0 Å². The molecule has 0 saturated heterocycles. The lowest BCUT2D eigenvalue weighted by molar-refractivity contribution is 0.604. The first-order chi connectivity index (χ1) is 7.54. The Hall–Kier alpha value is -0.340. The van der Waals surface area contributed by atoms with Gasteiger partial charge in [-0.3, -0.25) is 0 Å². The first-order valence-electron chi connectivity index (χ1n) is 6.28. The highest BCUT2D eigenvalue weighted by atomic mass is 32.1. The minimum Gasteiger partial charge on any atom is -0.320 e. The Morgan fingerprint density at radius 3 is 2.44 bits per heavy atom. The van der Waals surface area contributed by atoms with Gasteiger partial charge in [-0.2, -0.15) is 0 Å². The van der Waals surface area contributed by atoms with Gasteiger partial charge in [-0.25, -0.2) is 0 Å². The van der Waals surface area contributed by atoms with Crippen molar-refractivity contribution in [2.75, 3.05) is 13.6 Å². The molecule has 0 aliphatic rings. The van der Waals surface area contributed by atoms with Crippen molar-refractivity contribution in [2.45, 2.75) is 51.9 Å². The van der Waals surface area contributed by atoms with Gasteiger partial charge in [-0.1, -0.05) is 27.2 Å². The molecule has 0 unspecified atom stereocenters. The van der Waals surface area contributed by atoms with Crippen molar-refractivity contribution in [3.8, 4) is 0 Å². The number of nitrogens with one attached hydrogen (secondary N) is 1. The van der Waals surface area contributed by atoms with Gasteiger partial charge < -0.3 is 5.32 Å². The molecule has 1 heterocycles. The van der Waals surface area contributed by atoms with Crippen molar-refractivity contribution in [2.24, 2.45) is 0 Å². The maximum Gasteiger partial charge on any atom is 0.0102 e. The standard InChI is InChI=1S/C14H25NS/c1-14(2,3)13-10-9-12(16-13)8-6-5-7-11-15-4/h9-10,15H,5-8,11H2,1-4H3. The molecule has 1 N–H and O–H groups in total. The highest BCUT2D eigenvalue weighted by Crippen LogP contribution is 2.30. The lowest BCUT2D eigenvalue weighted by Gasteiger charge is -2.15. The molecule has 0 aliphatic heterocycles. The normalized spacial score (nSPS) is 12.0. The summed E-state index contributed by atoms with van der Waals surface area (Å²) in [6.45, 7) is 8.01. The van der Waals surface area contributed by atoms with Crippen LogP contribution >= 0.6 is 11.3 Å². The largest absolute Gasteiger partial charge is 0.320 e. The van der Waals surface area contributed by atoms with E-state index in [9.17, 15) is 0 Å². The maximum atomic E-state index is 3.19. The van der Waals surface area contributed by atoms with E-state index in [1.165, 1.54) is 30.6 Å². The maximum absolute atomic E-state index is 3.19. The molecule has 1 rings (SSSR count). The van der Waals surface area contributed by atoms with Crippen LogP contribution in [0.15, 0.2) is 12.1 Å². The van der Waals surface area contributed by atoms with Crippen molar-refractivity contribution in [3.63, 3.8) is 0 Å². The fraction of sp³-hybridized carbons (Fsp3) is 0.714. The average molecular weight is 239 g/mol. The SMILES string of the molecule is CNCCCCCc1ccc(C(C)(C)C)s1. The smallest absolute Gasteiger partial charge is 0.0102 e. The Morgan fingerprint density at radius 1 is 1.12 bits per heavy atom. The number of hydrogen-bond acceptors (Lipinski definition) is 2. The zero-order valence-electron chi connectivity index (χ0n) is 11.1. The van der Waals surface area contributed by atoms with Crippen molar-refractivity contribution in [1.29, 1.82) is 0 Å². The summed E-state index contributed by atoms with van der Waals surface area (Å²) in [6.07, 6.45) is 5.22. The van der Waals surface area contributed by atoms with Crippen molar-refractivity contribution >= 4 is 11.3 Å². The van der Waals surface area contributed by atoms with Crippen LogP contribution in [-0.4, -0.2) is 13.6 Å². The van der Waals surface area contributed by atoms with E-state index >= 15 is 0 Å². The molecular formula is C14H25NS. The molecule has 16 heavy (non-hydrogen) atoms. The fourth-order valence-electron chi connectivity index (χ4n) is 1.69. The lowest BCUT2D eigenvalue weighted by Crippen LogP contribution is -2.07. The Kier molecular flexibility index (Phi) is 5.50. The van der Waals surface area contributed by atoms with E-state index in [1.54, 1.807) is 4.88 Å². The van der Waals surface area contributed by atoms with Gasteiger partial charge in [0.15, 0.2) is 0 Å². The Morgan fingerprint density at radius 2 is 1.88 bits per heavy atom. The minimum atomic E-state index is 0.315. The summed E-state index contributed by atoms with van der Waals surface area (Å²) in [4.78, 5) is 3.06. The molecule has 0 saturated carbocycles. The van der Waals surface area contributed by atoms with Crippen LogP contribution in [0.25, 0.3) is 0 Å². The van der Waals surface area contributed by atoms with Gasteiger partial charge in [0.1, 0.15) is 0 Å². The van der Waals surface area contributed by atoms with Crippen LogP contribution in [0.1, 0.15) is 49.8 Å². The quantitative estimate of drug-likeness (QED) is 0.741. The third-order valence-corrected chi connectivity index (χ3v) is 4.32. The van der Waals surface area contributed by atoms with E-state index in [4.69, 9.17) is 0 Å². The van der Waals surface area contributed by atoms with Gasteiger partial charge in [0.2, 0.25) is 0 Å². The van der Waals surface area contributed by atoms with Crippen LogP contribution in [0, 0.1) is 0 Å². The van der Waals surface area contributed by atoms with Crippen molar-refractivity contribution in [3.05, 3.63) is 21.9 Å². The third kappa shape index (κ3) is 4.67. The van der Waals surface area contributed by atoms with Crippen molar-refractivity contribution < 1.29 is 0 Å². The predicted molar refractivity (Wildman–Crippen MR) is 74.5 cm³/mol. The summed E-state index contributed by atoms with van der Waals surface area (Å²) in [5, 5.41) is 3.19. The molecule has 0 aliphatic carbocycles. The monoisotopic (exact) mass is 239 g/mol. The van der Waals surface area contributed by atoms with Crippen LogP contribution in [-0.2, 0) is 11.8 Å². The molecule has 92 valence electrons. The van der Waals surface area contributed by atoms with Gasteiger partial charge in [-0.15, -0.1) is 11.3 Å². The summed E-state index contributed by atoms with van der Waals surface area (Å²) < 4.78 is 0. The van der Waals surface area contributed by atoms with Crippen molar-refractivity contribution in [1.82, 2.24) is 5.32 Å². The van der Waals surface area contributed by atoms with Crippen LogP contribution < -0.4 is 5.32 Å². The summed E-state index contributed by atoms with van der Waals surface area (Å²) in [6, 6.07) is 4.61. The molecule has 0 bridgehead atoms. The summed E-state index contributed by atoms with van der Waals surface area (Å²) in [5.74, 6) is 0. The van der Waals surface area contributed by atoms with Gasteiger partial charge in [0.25, 0.3) is 0 Å². The first-order valence-corrected chi connectivity index (χ1v) is 7.09. The van der Waals surface area contributed by atoms with Crippen LogP contribution in [0.5, 0.6) is 0 Å². The van der Waals surface area contributed by atoms with E-state index < -0.39 is 0 Å². The van der Waals surface area contributed by atoms with E-state index in [2.05, 4.69) is 38.2 Å². The molecule has 2 heteroatoms. The first kappa shape index (κ1) is 13.7. The summed E-state index contributed by atoms with van der Waals surface area (Å²) in [7, 11) is 2.02. The molecular weight excluding hydrogens is 214 g/mol. The highest BCUT2D eigenvalue weighted by molar-refractivity contribution is 7.12. The number of unbranched alkanes of at least 4 members (excludes halogenated alkanes) is 2. The van der Waals surface area contributed by atoms with Crippen LogP contribution in [0.4, 0.5) is 0 Å². The molecule has 0 aromatic carbocycles. The zero-order chi connectivity index (χ0) is 12.0. The number of aryl methyl sites for hydroxylation is 1.